The number of nitrogens with zero attached hydrogens (tertiary/aromatic N) is 2. The molecule has 3 aliphatic rings. The lowest BCUT2D eigenvalue weighted by Gasteiger charge is -2.33. The fourth-order valence-corrected chi connectivity index (χ4v) is 4.39. The number of hydrogen-bond donors (Lipinski definition) is 1. The molecule has 2 fully saturated rings. The Bertz CT molecular complexity index is 567. The molecule has 2 aliphatic heterocycles. The first-order valence-electron chi connectivity index (χ1n) is 9.16. The van der Waals surface area contributed by atoms with Crippen LogP contribution in [0.3, 0.4) is 0 Å². The van der Waals surface area contributed by atoms with Crippen LogP contribution in [0.1, 0.15) is 43.2 Å². The van der Waals surface area contributed by atoms with E-state index < -0.39 is 0 Å². The number of amides is 2. The van der Waals surface area contributed by atoms with Gasteiger partial charge in [0.25, 0.3) is 0 Å². The summed E-state index contributed by atoms with van der Waals surface area (Å²) in [7, 11) is 0. The molecular weight excluding hydrogens is 286 g/mol. The molecule has 4 nitrogen and oxygen atoms in total. The number of likely N-dealkylation sites (tertiary alicyclic amines) is 1. The minimum Gasteiger partial charge on any atom is -0.335 e. The predicted octanol–water partition coefficient (Wildman–Crippen LogP) is 2.77. The third kappa shape index (κ3) is 3.23. The second-order valence-electron chi connectivity index (χ2n) is 7.31. The fourth-order valence-electron chi connectivity index (χ4n) is 4.39. The summed E-state index contributed by atoms with van der Waals surface area (Å²) in [6.45, 7) is 3.96. The van der Waals surface area contributed by atoms with E-state index in [0.29, 0.717) is 12.1 Å². The monoisotopic (exact) mass is 313 g/mol. The Morgan fingerprint density at radius 3 is 2.65 bits per heavy atom. The minimum atomic E-state index is 0.164. The van der Waals surface area contributed by atoms with Gasteiger partial charge in [0.15, 0.2) is 0 Å². The van der Waals surface area contributed by atoms with Crippen LogP contribution < -0.4 is 5.32 Å². The molecule has 1 N–H and O–H groups in total. The maximum atomic E-state index is 12.4. The standard InChI is InChI=1S/C19H27N3O/c23-19(20-17-7-3-4-8-17)22-12-10-18(14-22)21-11-9-15-5-1-2-6-16(15)13-21/h1-2,5-6,17-18H,3-4,7-14H2,(H,20,23). The Hall–Kier alpha value is -1.55. The number of hydrogen-bond acceptors (Lipinski definition) is 2. The van der Waals surface area contributed by atoms with E-state index >= 15 is 0 Å². The first-order valence-corrected chi connectivity index (χ1v) is 9.16. The highest BCUT2D eigenvalue weighted by Gasteiger charge is 2.32. The van der Waals surface area contributed by atoms with E-state index in [1.807, 2.05) is 4.90 Å². The smallest absolute Gasteiger partial charge is 0.317 e. The molecular formula is C19H27N3O. The molecule has 1 saturated carbocycles. The number of carbonyl (C=O) groups excluding carboxylic acids is 1. The molecule has 1 aromatic rings. The van der Waals surface area contributed by atoms with Crippen molar-refractivity contribution < 1.29 is 4.79 Å². The maximum absolute atomic E-state index is 12.4. The number of fused-ring (bicyclic) bond motifs is 1. The van der Waals surface area contributed by atoms with Gasteiger partial charge in [0, 0.05) is 38.3 Å². The Balaban J connectivity index is 1.33. The zero-order valence-electron chi connectivity index (χ0n) is 13.8. The molecule has 0 spiro atoms. The Morgan fingerprint density at radius 1 is 1.04 bits per heavy atom. The molecule has 0 radical (unpaired) electrons. The lowest BCUT2D eigenvalue weighted by molar-refractivity contribution is 0.172. The van der Waals surface area contributed by atoms with E-state index in [0.717, 1.165) is 51.9 Å². The van der Waals surface area contributed by atoms with Gasteiger partial charge in [-0.05, 0) is 36.8 Å². The Kier molecular flexibility index (Phi) is 4.25. The number of nitrogens with one attached hydrogen (secondary N) is 1. The molecule has 2 amide bonds. The van der Waals surface area contributed by atoms with Crippen LogP contribution in [-0.2, 0) is 13.0 Å². The van der Waals surface area contributed by atoms with E-state index in [9.17, 15) is 4.79 Å². The first-order chi connectivity index (χ1) is 11.3. The third-order valence-electron chi connectivity index (χ3n) is 5.81. The average Bonchev–Trinajstić information content (AvgIpc) is 3.26. The molecule has 1 atom stereocenters. The van der Waals surface area contributed by atoms with Crippen LogP contribution in [0.2, 0.25) is 0 Å². The Morgan fingerprint density at radius 2 is 1.83 bits per heavy atom. The molecule has 1 aromatic carbocycles. The second-order valence-corrected chi connectivity index (χ2v) is 7.31. The van der Waals surface area contributed by atoms with Gasteiger partial charge in [-0.1, -0.05) is 37.1 Å². The normalized spacial score (nSPS) is 25.6. The second kappa shape index (κ2) is 6.52. The molecule has 2 heterocycles. The summed E-state index contributed by atoms with van der Waals surface area (Å²) in [6.07, 6.45) is 7.10. The summed E-state index contributed by atoms with van der Waals surface area (Å²) < 4.78 is 0. The lowest BCUT2D eigenvalue weighted by Crippen LogP contribution is -2.45. The van der Waals surface area contributed by atoms with Crippen LogP contribution in [0.15, 0.2) is 24.3 Å². The predicted molar refractivity (Wildman–Crippen MR) is 91.3 cm³/mol. The van der Waals surface area contributed by atoms with Crippen molar-refractivity contribution in [2.24, 2.45) is 0 Å². The largest absolute Gasteiger partial charge is 0.335 e. The van der Waals surface area contributed by atoms with Gasteiger partial charge in [-0.3, -0.25) is 4.90 Å². The molecule has 0 aromatic heterocycles. The van der Waals surface area contributed by atoms with E-state index in [1.165, 1.54) is 24.0 Å². The van der Waals surface area contributed by atoms with Crippen molar-refractivity contribution in [3.63, 3.8) is 0 Å². The fraction of sp³-hybridized carbons (Fsp3) is 0.632. The van der Waals surface area contributed by atoms with Crippen LogP contribution in [0, 0.1) is 0 Å². The van der Waals surface area contributed by atoms with E-state index in [1.54, 1.807) is 0 Å². The SMILES string of the molecule is O=C(NC1CCCC1)N1CCC(N2CCc3ccccc3C2)C1. The van der Waals surface area contributed by atoms with Gasteiger partial charge in [-0.25, -0.2) is 4.79 Å². The highest BCUT2D eigenvalue weighted by Crippen LogP contribution is 2.25. The Labute approximate surface area is 138 Å². The zero-order valence-corrected chi connectivity index (χ0v) is 13.8. The van der Waals surface area contributed by atoms with Crippen LogP contribution >= 0.6 is 0 Å². The highest BCUT2D eigenvalue weighted by atomic mass is 16.2. The summed E-state index contributed by atoms with van der Waals surface area (Å²) in [5.74, 6) is 0. The van der Waals surface area contributed by atoms with Crippen molar-refractivity contribution in [2.45, 2.75) is 57.2 Å². The van der Waals surface area contributed by atoms with E-state index in [2.05, 4.69) is 34.5 Å². The van der Waals surface area contributed by atoms with Gasteiger partial charge in [0.05, 0.1) is 0 Å². The minimum absolute atomic E-state index is 0.164. The van der Waals surface area contributed by atoms with Crippen molar-refractivity contribution >= 4 is 6.03 Å². The molecule has 1 aliphatic carbocycles. The van der Waals surface area contributed by atoms with Crippen LogP contribution in [0.4, 0.5) is 4.79 Å². The van der Waals surface area contributed by atoms with E-state index in [4.69, 9.17) is 0 Å². The van der Waals surface area contributed by atoms with Gasteiger partial charge in [0.1, 0.15) is 0 Å². The average molecular weight is 313 g/mol. The van der Waals surface area contributed by atoms with Gasteiger partial charge < -0.3 is 10.2 Å². The van der Waals surface area contributed by atoms with Crippen LogP contribution in [0.5, 0.6) is 0 Å². The van der Waals surface area contributed by atoms with Crippen molar-refractivity contribution in [1.29, 1.82) is 0 Å². The summed E-state index contributed by atoms with van der Waals surface area (Å²) in [6, 6.07) is 9.89. The topological polar surface area (TPSA) is 35.6 Å². The molecule has 124 valence electrons. The number of rotatable bonds is 2. The highest BCUT2D eigenvalue weighted by molar-refractivity contribution is 5.75. The van der Waals surface area contributed by atoms with Crippen molar-refractivity contribution in [1.82, 2.24) is 15.1 Å². The van der Waals surface area contributed by atoms with Gasteiger partial charge in [-0.2, -0.15) is 0 Å². The van der Waals surface area contributed by atoms with Crippen molar-refractivity contribution in [3.05, 3.63) is 35.4 Å². The molecule has 4 heteroatoms. The lowest BCUT2D eigenvalue weighted by atomic mass is 9.98. The molecule has 4 rings (SSSR count). The zero-order chi connectivity index (χ0) is 15.6. The van der Waals surface area contributed by atoms with Gasteiger partial charge >= 0.3 is 6.03 Å². The number of benzene rings is 1. The number of carbonyl (C=O) groups is 1. The quantitative estimate of drug-likeness (QED) is 0.911. The summed E-state index contributed by atoms with van der Waals surface area (Å²) in [5, 5.41) is 3.23. The van der Waals surface area contributed by atoms with Crippen molar-refractivity contribution in [3.8, 4) is 0 Å². The molecule has 1 unspecified atom stereocenters. The number of urea groups is 1. The molecule has 23 heavy (non-hydrogen) atoms. The third-order valence-corrected chi connectivity index (χ3v) is 5.81. The summed E-state index contributed by atoms with van der Waals surface area (Å²) in [4.78, 5) is 17.0. The molecule has 0 bridgehead atoms. The molecule has 1 saturated heterocycles. The summed E-state index contributed by atoms with van der Waals surface area (Å²) >= 11 is 0. The van der Waals surface area contributed by atoms with Gasteiger partial charge in [0.2, 0.25) is 0 Å². The first kappa shape index (κ1) is 15.0. The van der Waals surface area contributed by atoms with E-state index in [-0.39, 0.29) is 6.03 Å². The summed E-state index contributed by atoms with van der Waals surface area (Å²) in [5.41, 5.74) is 2.96. The van der Waals surface area contributed by atoms with Gasteiger partial charge in [-0.15, -0.1) is 0 Å². The maximum Gasteiger partial charge on any atom is 0.317 e. The van der Waals surface area contributed by atoms with Crippen LogP contribution in [-0.4, -0.2) is 47.5 Å². The van der Waals surface area contributed by atoms with Crippen LogP contribution in [0.25, 0.3) is 0 Å². The van der Waals surface area contributed by atoms with Crippen molar-refractivity contribution in [2.75, 3.05) is 19.6 Å².